The molecule has 8 heteroatoms. The molecule has 6 atom stereocenters. The molecule has 0 aromatic heterocycles. The Kier molecular flexibility index (Phi) is 7.64. The fraction of sp³-hybridized carbons (Fsp3) is 1.00. The van der Waals surface area contributed by atoms with Gasteiger partial charge in [-0.05, 0) is 13.3 Å². The summed E-state index contributed by atoms with van der Waals surface area (Å²) in [5, 5.41) is 48.6. The Bertz CT molecular complexity index is 343. The normalized spacial score (nSPS) is 35.3. The van der Waals surface area contributed by atoms with E-state index in [2.05, 4.69) is 20.9 Å². The van der Waals surface area contributed by atoms with Gasteiger partial charge in [0.15, 0.2) is 0 Å². The molecule has 0 spiro atoms. The van der Waals surface area contributed by atoms with E-state index in [4.69, 9.17) is 5.11 Å². The molecule has 0 amide bonds. The fourth-order valence-corrected chi connectivity index (χ4v) is 3.42. The van der Waals surface area contributed by atoms with Crippen LogP contribution < -0.4 is 16.0 Å². The summed E-state index contributed by atoms with van der Waals surface area (Å²) in [6.07, 6.45) is -2.41. The molecule has 7 N–H and O–H groups in total. The summed E-state index contributed by atoms with van der Waals surface area (Å²) < 4.78 is 0. The van der Waals surface area contributed by atoms with E-state index in [-0.39, 0.29) is 12.1 Å². The van der Waals surface area contributed by atoms with Gasteiger partial charge in [-0.25, -0.2) is 0 Å². The van der Waals surface area contributed by atoms with E-state index in [0.29, 0.717) is 6.42 Å². The molecule has 2 fully saturated rings. The molecule has 2 heterocycles. The van der Waals surface area contributed by atoms with Gasteiger partial charge in [0, 0.05) is 51.4 Å². The molecule has 0 saturated carbocycles. The summed E-state index contributed by atoms with van der Waals surface area (Å²) >= 11 is 0. The highest BCUT2D eigenvalue weighted by atomic mass is 16.3. The van der Waals surface area contributed by atoms with Crippen LogP contribution in [0.15, 0.2) is 0 Å². The molecule has 2 unspecified atom stereocenters. The Hall–Kier alpha value is -0.320. The quantitative estimate of drug-likeness (QED) is 0.247. The SMILES string of the molecule is CC(CC1N[C@@H]([C@H](O)CO)[C@H](O)[C@H]1O)NCCN1CCNCC1. The Balaban J connectivity index is 1.69. The summed E-state index contributed by atoms with van der Waals surface area (Å²) in [6, 6.07) is -0.798. The maximum Gasteiger partial charge on any atom is 0.0993 e. The van der Waals surface area contributed by atoms with Crippen molar-refractivity contribution in [3.05, 3.63) is 0 Å². The largest absolute Gasteiger partial charge is 0.394 e. The molecule has 2 aliphatic rings. The van der Waals surface area contributed by atoms with Crippen LogP contribution in [0, 0.1) is 0 Å². The lowest BCUT2D eigenvalue weighted by Gasteiger charge is -2.28. The molecule has 0 aromatic rings. The summed E-state index contributed by atoms with van der Waals surface area (Å²) in [5.41, 5.74) is 0. The van der Waals surface area contributed by atoms with Crippen molar-refractivity contribution in [1.29, 1.82) is 0 Å². The van der Waals surface area contributed by atoms with E-state index in [9.17, 15) is 15.3 Å². The lowest BCUT2D eigenvalue weighted by molar-refractivity contribution is -0.0134. The van der Waals surface area contributed by atoms with Gasteiger partial charge in [0.05, 0.1) is 31.0 Å². The number of hydrogen-bond acceptors (Lipinski definition) is 8. The van der Waals surface area contributed by atoms with Gasteiger partial charge in [-0.2, -0.15) is 0 Å². The van der Waals surface area contributed by atoms with Gasteiger partial charge in [-0.15, -0.1) is 0 Å². The fourth-order valence-electron chi connectivity index (χ4n) is 3.42. The molecule has 2 aliphatic heterocycles. The molecule has 2 rings (SSSR count). The van der Waals surface area contributed by atoms with Crippen molar-refractivity contribution in [1.82, 2.24) is 20.9 Å². The van der Waals surface area contributed by atoms with Crippen LogP contribution in [0.3, 0.4) is 0 Å². The van der Waals surface area contributed by atoms with Crippen molar-refractivity contribution < 1.29 is 20.4 Å². The average molecular weight is 332 g/mol. The second-order valence-corrected chi connectivity index (χ2v) is 6.71. The number of hydrogen-bond donors (Lipinski definition) is 7. The third-order valence-electron chi connectivity index (χ3n) is 4.88. The molecule has 8 nitrogen and oxygen atoms in total. The molecule has 136 valence electrons. The van der Waals surface area contributed by atoms with Gasteiger partial charge in [0.25, 0.3) is 0 Å². The maximum atomic E-state index is 10.1. The third-order valence-corrected chi connectivity index (χ3v) is 4.88. The predicted octanol–water partition coefficient (Wildman–Crippen LogP) is -3.32. The van der Waals surface area contributed by atoms with Crippen LogP contribution in [0.1, 0.15) is 13.3 Å². The zero-order chi connectivity index (χ0) is 16.8. The first-order valence-electron chi connectivity index (χ1n) is 8.60. The summed E-state index contributed by atoms with van der Waals surface area (Å²) in [4.78, 5) is 2.41. The molecule has 2 saturated heterocycles. The van der Waals surface area contributed by atoms with Crippen LogP contribution >= 0.6 is 0 Å². The van der Waals surface area contributed by atoms with Crippen molar-refractivity contribution in [3.8, 4) is 0 Å². The van der Waals surface area contributed by atoms with Gasteiger partial charge in [0.1, 0.15) is 0 Å². The van der Waals surface area contributed by atoms with Gasteiger partial charge >= 0.3 is 0 Å². The molecule has 0 radical (unpaired) electrons. The van der Waals surface area contributed by atoms with E-state index < -0.39 is 31.0 Å². The minimum atomic E-state index is -1.07. The monoisotopic (exact) mass is 332 g/mol. The van der Waals surface area contributed by atoms with Crippen LogP contribution in [-0.2, 0) is 0 Å². The van der Waals surface area contributed by atoms with Gasteiger partial charge in [-0.3, -0.25) is 4.90 Å². The molecule has 0 aromatic carbocycles. The molecular weight excluding hydrogens is 300 g/mol. The molecule has 0 aliphatic carbocycles. The number of aliphatic hydroxyl groups is 4. The van der Waals surface area contributed by atoms with Crippen LogP contribution in [0.5, 0.6) is 0 Å². The number of piperazine rings is 1. The van der Waals surface area contributed by atoms with E-state index in [1.165, 1.54) is 0 Å². The zero-order valence-corrected chi connectivity index (χ0v) is 13.9. The van der Waals surface area contributed by atoms with Crippen LogP contribution in [0.2, 0.25) is 0 Å². The lowest BCUT2D eigenvalue weighted by atomic mass is 10.0. The lowest BCUT2D eigenvalue weighted by Crippen LogP contribution is -2.47. The standard InChI is InChI=1S/C15H32N4O4/c1-10(17-4-7-19-5-2-16-3-6-19)8-11-14(22)15(23)13(18-11)12(21)9-20/h10-18,20-23H,2-9H2,1H3/t10?,11?,12-,13+,14+,15+/m1/s1. The van der Waals surface area contributed by atoms with Crippen LogP contribution in [0.25, 0.3) is 0 Å². The van der Waals surface area contributed by atoms with Crippen LogP contribution in [-0.4, -0.2) is 108 Å². The van der Waals surface area contributed by atoms with Crippen molar-refractivity contribution in [2.75, 3.05) is 45.9 Å². The number of nitrogens with one attached hydrogen (secondary N) is 3. The second-order valence-electron chi connectivity index (χ2n) is 6.71. The first-order chi connectivity index (χ1) is 11.0. The molecular formula is C15H32N4O4. The zero-order valence-electron chi connectivity index (χ0n) is 13.9. The number of nitrogens with zero attached hydrogens (tertiary/aromatic N) is 1. The average Bonchev–Trinajstić information content (AvgIpc) is 2.83. The van der Waals surface area contributed by atoms with Crippen molar-refractivity contribution in [2.24, 2.45) is 0 Å². The smallest absolute Gasteiger partial charge is 0.0993 e. The predicted molar refractivity (Wildman–Crippen MR) is 87.2 cm³/mol. The van der Waals surface area contributed by atoms with Gasteiger partial charge < -0.3 is 36.4 Å². The van der Waals surface area contributed by atoms with E-state index in [0.717, 1.165) is 39.3 Å². The van der Waals surface area contributed by atoms with Gasteiger partial charge in [0.2, 0.25) is 0 Å². The minimum absolute atomic E-state index is 0.183. The second kappa shape index (κ2) is 9.24. The Morgan fingerprint density at radius 1 is 1.22 bits per heavy atom. The molecule has 0 bridgehead atoms. The Morgan fingerprint density at radius 2 is 1.91 bits per heavy atom. The van der Waals surface area contributed by atoms with E-state index in [1.54, 1.807) is 0 Å². The minimum Gasteiger partial charge on any atom is -0.394 e. The highest BCUT2D eigenvalue weighted by Crippen LogP contribution is 2.20. The topological polar surface area (TPSA) is 120 Å². The first-order valence-corrected chi connectivity index (χ1v) is 8.60. The summed E-state index contributed by atoms with van der Waals surface area (Å²) in [5.74, 6) is 0. The van der Waals surface area contributed by atoms with E-state index >= 15 is 0 Å². The Morgan fingerprint density at radius 3 is 2.57 bits per heavy atom. The highest BCUT2D eigenvalue weighted by Gasteiger charge is 2.44. The van der Waals surface area contributed by atoms with Gasteiger partial charge in [-0.1, -0.05) is 0 Å². The maximum absolute atomic E-state index is 10.1. The Labute approximate surface area is 137 Å². The third kappa shape index (κ3) is 5.33. The number of rotatable bonds is 8. The summed E-state index contributed by atoms with van der Waals surface area (Å²) in [7, 11) is 0. The summed E-state index contributed by atoms with van der Waals surface area (Å²) in [6.45, 7) is 7.73. The number of aliphatic hydroxyl groups excluding tert-OH is 4. The van der Waals surface area contributed by atoms with Crippen molar-refractivity contribution in [2.45, 2.75) is 49.8 Å². The van der Waals surface area contributed by atoms with E-state index in [1.807, 2.05) is 6.92 Å². The van der Waals surface area contributed by atoms with Crippen molar-refractivity contribution >= 4 is 0 Å². The highest BCUT2D eigenvalue weighted by molar-refractivity contribution is 5.01. The van der Waals surface area contributed by atoms with Crippen molar-refractivity contribution in [3.63, 3.8) is 0 Å². The molecule has 23 heavy (non-hydrogen) atoms. The first kappa shape index (κ1) is 19.0. The van der Waals surface area contributed by atoms with Crippen LogP contribution in [0.4, 0.5) is 0 Å².